The highest BCUT2D eigenvalue weighted by atomic mass is 16.3. The molecule has 6 heteroatoms. The topological polar surface area (TPSA) is 72.7 Å². The molecule has 3 rings (SSSR count). The number of piperidine rings is 2. The van der Waals surface area contributed by atoms with Crippen LogP contribution in [0.3, 0.4) is 0 Å². The van der Waals surface area contributed by atoms with Gasteiger partial charge >= 0.3 is 0 Å². The normalized spacial score (nSPS) is 23.3. The minimum atomic E-state index is -0.229. The molecule has 24 heavy (non-hydrogen) atoms. The van der Waals surface area contributed by atoms with Gasteiger partial charge in [0.05, 0.1) is 12.2 Å². The van der Waals surface area contributed by atoms with Gasteiger partial charge < -0.3 is 20.0 Å². The van der Waals surface area contributed by atoms with Gasteiger partial charge in [-0.2, -0.15) is 0 Å². The molecule has 134 valence electrons. The highest BCUT2D eigenvalue weighted by Crippen LogP contribution is 2.32. The molecule has 0 amide bonds. The maximum Gasteiger partial charge on any atom is 0.171 e. The summed E-state index contributed by atoms with van der Waals surface area (Å²) in [5.41, 5.74) is 0. The van der Waals surface area contributed by atoms with Crippen molar-refractivity contribution in [3.8, 4) is 0 Å². The van der Waals surface area contributed by atoms with Crippen molar-refractivity contribution < 1.29 is 10.2 Å². The minimum Gasteiger partial charge on any atom is -0.393 e. The third kappa shape index (κ3) is 3.81. The maximum atomic E-state index is 9.79. The molecule has 2 aliphatic heterocycles. The van der Waals surface area contributed by atoms with Crippen LogP contribution in [0.4, 0.5) is 11.6 Å². The van der Waals surface area contributed by atoms with Crippen molar-refractivity contribution in [1.82, 2.24) is 9.97 Å². The highest BCUT2D eigenvalue weighted by molar-refractivity contribution is 5.62. The predicted octanol–water partition coefficient (Wildman–Crippen LogP) is 1.67. The third-order valence-electron chi connectivity index (χ3n) is 5.70. The lowest BCUT2D eigenvalue weighted by Crippen LogP contribution is -2.41. The molecule has 3 heterocycles. The van der Waals surface area contributed by atoms with Gasteiger partial charge in [0.2, 0.25) is 0 Å². The van der Waals surface area contributed by atoms with Gasteiger partial charge in [-0.3, -0.25) is 0 Å². The van der Waals surface area contributed by atoms with Crippen LogP contribution < -0.4 is 9.80 Å². The Bertz CT molecular complexity index is 475. The van der Waals surface area contributed by atoms with Crippen LogP contribution in [0.1, 0.15) is 39.5 Å². The molecule has 0 unspecified atom stereocenters. The van der Waals surface area contributed by atoms with Crippen LogP contribution in [0.5, 0.6) is 0 Å². The second kappa shape index (κ2) is 7.66. The van der Waals surface area contributed by atoms with E-state index in [0.717, 1.165) is 63.5 Å². The molecule has 0 spiro atoms. The Morgan fingerprint density at radius 2 is 1.12 bits per heavy atom. The summed E-state index contributed by atoms with van der Waals surface area (Å²) in [5.74, 6) is 2.72. The quantitative estimate of drug-likeness (QED) is 0.873. The second-order valence-corrected chi connectivity index (χ2v) is 7.33. The lowest BCUT2D eigenvalue weighted by Gasteiger charge is -2.38. The van der Waals surface area contributed by atoms with Crippen molar-refractivity contribution in [1.29, 1.82) is 0 Å². The van der Waals surface area contributed by atoms with E-state index >= 15 is 0 Å². The van der Waals surface area contributed by atoms with Gasteiger partial charge in [0.1, 0.15) is 0 Å². The van der Waals surface area contributed by atoms with Gasteiger partial charge in [-0.25, -0.2) is 9.97 Å². The predicted molar refractivity (Wildman–Crippen MR) is 95.3 cm³/mol. The first-order valence-corrected chi connectivity index (χ1v) is 9.23. The molecule has 0 bridgehead atoms. The van der Waals surface area contributed by atoms with E-state index in [1.807, 2.05) is 13.8 Å². The fraction of sp³-hybridized carbons (Fsp3) is 0.778. The minimum absolute atomic E-state index is 0.229. The summed E-state index contributed by atoms with van der Waals surface area (Å²) in [6.07, 6.45) is 7.07. The first-order chi connectivity index (χ1) is 11.6. The van der Waals surface area contributed by atoms with E-state index in [4.69, 9.17) is 0 Å². The van der Waals surface area contributed by atoms with E-state index in [9.17, 15) is 10.2 Å². The van der Waals surface area contributed by atoms with E-state index in [2.05, 4.69) is 19.8 Å². The summed E-state index contributed by atoms with van der Waals surface area (Å²) in [4.78, 5) is 13.8. The Kier molecular flexibility index (Phi) is 5.56. The van der Waals surface area contributed by atoms with Crippen molar-refractivity contribution >= 4 is 11.6 Å². The number of nitrogens with zero attached hydrogens (tertiary/aromatic N) is 4. The molecule has 0 radical (unpaired) electrons. The monoisotopic (exact) mass is 334 g/mol. The Labute approximate surface area is 144 Å². The number of hydrogen-bond acceptors (Lipinski definition) is 6. The average molecular weight is 334 g/mol. The van der Waals surface area contributed by atoms with Crippen molar-refractivity contribution in [2.45, 2.75) is 51.7 Å². The van der Waals surface area contributed by atoms with Crippen molar-refractivity contribution in [3.05, 3.63) is 12.4 Å². The van der Waals surface area contributed by atoms with Crippen molar-refractivity contribution in [3.63, 3.8) is 0 Å². The van der Waals surface area contributed by atoms with Gasteiger partial charge in [-0.05, 0) is 51.4 Å². The molecule has 1 aromatic rings. The molecule has 2 saturated heterocycles. The number of aliphatic hydroxyl groups excluding tert-OH is 2. The van der Waals surface area contributed by atoms with E-state index in [0.29, 0.717) is 11.8 Å². The van der Waals surface area contributed by atoms with Crippen LogP contribution >= 0.6 is 0 Å². The number of rotatable bonds is 4. The van der Waals surface area contributed by atoms with Gasteiger partial charge in [0, 0.05) is 38.6 Å². The second-order valence-electron chi connectivity index (χ2n) is 7.33. The molecule has 0 aromatic carbocycles. The molecule has 2 N–H and O–H groups in total. The number of hydrogen-bond donors (Lipinski definition) is 2. The number of aromatic nitrogens is 2. The van der Waals surface area contributed by atoms with Crippen LogP contribution in [0.25, 0.3) is 0 Å². The molecule has 2 atom stereocenters. The van der Waals surface area contributed by atoms with Crippen LogP contribution in [-0.2, 0) is 0 Å². The summed E-state index contributed by atoms with van der Waals surface area (Å²) < 4.78 is 0. The maximum absolute atomic E-state index is 9.79. The molecule has 6 nitrogen and oxygen atoms in total. The van der Waals surface area contributed by atoms with Crippen LogP contribution in [0, 0.1) is 11.8 Å². The largest absolute Gasteiger partial charge is 0.393 e. The molecule has 0 saturated carbocycles. The fourth-order valence-electron chi connectivity index (χ4n) is 3.96. The fourth-order valence-corrected chi connectivity index (χ4v) is 3.96. The first kappa shape index (κ1) is 17.4. The summed E-state index contributed by atoms with van der Waals surface area (Å²) in [6.45, 7) is 7.47. The zero-order chi connectivity index (χ0) is 17.1. The standard InChI is InChI=1S/C18H30N4O2/c1-13(23)15-3-9-21(10-4-15)17-18(20-8-7-19-17)22-11-5-16(6-12-22)14(2)24/h7-8,13-16,23-24H,3-6,9-12H2,1-2H3/t13-,14+. The molecule has 1 aromatic heterocycles. The van der Waals surface area contributed by atoms with E-state index in [1.165, 1.54) is 0 Å². The Hall–Kier alpha value is -1.40. The lowest BCUT2D eigenvalue weighted by atomic mass is 9.91. The summed E-state index contributed by atoms with van der Waals surface area (Å²) in [6, 6.07) is 0. The van der Waals surface area contributed by atoms with Gasteiger partial charge in [-0.1, -0.05) is 0 Å². The summed E-state index contributed by atoms with van der Waals surface area (Å²) >= 11 is 0. The highest BCUT2D eigenvalue weighted by Gasteiger charge is 2.29. The van der Waals surface area contributed by atoms with E-state index in [1.54, 1.807) is 12.4 Å². The van der Waals surface area contributed by atoms with Crippen LogP contribution in [0.15, 0.2) is 12.4 Å². The molecule has 2 fully saturated rings. The zero-order valence-corrected chi connectivity index (χ0v) is 14.8. The van der Waals surface area contributed by atoms with Gasteiger partial charge in [-0.15, -0.1) is 0 Å². The first-order valence-electron chi connectivity index (χ1n) is 9.23. The third-order valence-corrected chi connectivity index (χ3v) is 5.70. The van der Waals surface area contributed by atoms with Crippen molar-refractivity contribution in [2.75, 3.05) is 36.0 Å². The van der Waals surface area contributed by atoms with Crippen LogP contribution in [-0.4, -0.2) is 58.6 Å². The number of anilines is 2. The molecule has 2 aliphatic rings. The van der Waals surface area contributed by atoms with E-state index < -0.39 is 0 Å². The van der Waals surface area contributed by atoms with Gasteiger partial charge in [0.15, 0.2) is 11.6 Å². The smallest absolute Gasteiger partial charge is 0.171 e. The average Bonchev–Trinajstić information content (AvgIpc) is 2.62. The molecular formula is C18H30N4O2. The Morgan fingerprint density at radius 3 is 1.42 bits per heavy atom. The zero-order valence-electron chi connectivity index (χ0n) is 14.8. The summed E-state index contributed by atoms with van der Waals surface area (Å²) in [5, 5.41) is 19.6. The molecular weight excluding hydrogens is 304 g/mol. The Morgan fingerprint density at radius 1 is 0.792 bits per heavy atom. The SMILES string of the molecule is C[C@H](O)C1CCN(c2nccnc2N2CCC([C@@H](C)O)CC2)CC1. The van der Waals surface area contributed by atoms with Crippen LogP contribution in [0.2, 0.25) is 0 Å². The Balaban J connectivity index is 1.68. The van der Waals surface area contributed by atoms with Gasteiger partial charge in [0.25, 0.3) is 0 Å². The van der Waals surface area contributed by atoms with Crippen molar-refractivity contribution in [2.24, 2.45) is 11.8 Å². The number of aliphatic hydroxyl groups is 2. The summed E-state index contributed by atoms with van der Waals surface area (Å²) in [7, 11) is 0. The lowest BCUT2D eigenvalue weighted by molar-refractivity contribution is 0.109. The molecule has 0 aliphatic carbocycles. The van der Waals surface area contributed by atoms with E-state index in [-0.39, 0.29) is 12.2 Å².